The van der Waals surface area contributed by atoms with Crippen LogP contribution < -0.4 is 0 Å². The molecule has 3 aromatic rings. The highest BCUT2D eigenvalue weighted by molar-refractivity contribution is 6.07. The second-order valence-corrected chi connectivity index (χ2v) is 6.57. The van der Waals surface area contributed by atoms with Crippen LogP contribution in [0.1, 0.15) is 21.8 Å². The molecule has 1 amide bonds. The van der Waals surface area contributed by atoms with Gasteiger partial charge >= 0.3 is 5.97 Å². The summed E-state index contributed by atoms with van der Waals surface area (Å²) in [4.78, 5) is 30.6. The quantitative estimate of drug-likeness (QED) is 0.791. The zero-order valence-corrected chi connectivity index (χ0v) is 14.1. The van der Waals surface area contributed by atoms with E-state index in [0.717, 1.165) is 16.3 Å². The summed E-state index contributed by atoms with van der Waals surface area (Å²) in [7, 11) is 0. The van der Waals surface area contributed by atoms with E-state index in [0.29, 0.717) is 12.1 Å². The van der Waals surface area contributed by atoms with Gasteiger partial charge in [0.1, 0.15) is 0 Å². The number of likely N-dealkylation sites (tertiary alicyclic amines) is 1. The van der Waals surface area contributed by atoms with E-state index in [9.17, 15) is 14.7 Å². The van der Waals surface area contributed by atoms with Gasteiger partial charge in [0, 0.05) is 42.4 Å². The Labute approximate surface area is 150 Å². The molecule has 1 N–H and O–H groups in total. The maximum atomic E-state index is 13.1. The fourth-order valence-electron chi connectivity index (χ4n) is 3.74. The number of carbonyl (C=O) groups is 2. The molecule has 2 heterocycles. The Kier molecular flexibility index (Phi) is 4.13. The molecule has 0 unspecified atom stereocenters. The molecule has 26 heavy (non-hydrogen) atoms. The SMILES string of the molecule is O=C(O)[C@@H]1CN(C(=O)c2cccc3cnccc23)C[C@H]1c1ccccc1. The lowest BCUT2D eigenvalue weighted by atomic mass is 9.89. The first-order valence-electron chi connectivity index (χ1n) is 8.55. The summed E-state index contributed by atoms with van der Waals surface area (Å²) in [5.74, 6) is -1.80. The van der Waals surface area contributed by atoms with Crippen LogP contribution in [-0.2, 0) is 4.79 Å². The van der Waals surface area contributed by atoms with E-state index in [1.807, 2.05) is 48.5 Å². The lowest BCUT2D eigenvalue weighted by molar-refractivity contribution is -0.141. The second kappa shape index (κ2) is 6.59. The Morgan fingerprint density at radius 3 is 2.58 bits per heavy atom. The molecule has 0 radical (unpaired) electrons. The lowest BCUT2D eigenvalue weighted by Crippen LogP contribution is -2.30. The molecule has 1 aromatic heterocycles. The highest BCUT2D eigenvalue weighted by atomic mass is 16.4. The molecule has 130 valence electrons. The fraction of sp³-hybridized carbons (Fsp3) is 0.190. The maximum Gasteiger partial charge on any atom is 0.308 e. The summed E-state index contributed by atoms with van der Waals surface area (Å²) in [5.41, 5.74) is 1.54. The largest absolute Gasteiger partial charge is 0.481 e. The lowest BCUT2D eigenvalue weighted by Gasteiger charge is -2.17. The number of pyridine rings is 1. The van der Waals surface area contributed by atoms with E-state index in [-0.39, 0.29) is 18.4 Å². The standard InChI is InChI=1S/C21H18N2O3/c24-20(17-8-4-7-15-11-22-10-9-16(15)17)23-12-18(19(13-23)21(25)26)14-5-2-1-3-6-14/h1-11,18-19H,12-13H2,(H,25,26)/t18-,19+/m0/s1. The number of amides is 1. The zero-order valence-electron chi connectivity index (χ0n) is 14.1. The van der Waals surface area contributed by atoms with E-state index in [2.05, 4.69) is 4.98 Å². The minimum atomic E-state index is -0.865. The number of carboxylic acids is 1. The van der Waals surface area contributed by atoms with Gasteiger partial charge in [-0.15, -0.1) is 0 Å². The first kappa shape index (κ1) is 16.3. The van der Waals surface area contributed by atoms with Gasteiger partial charge in [-0.3, -0.25) is 14.6 Å². The van der Waals surface area contributed by atoms with Gasteiger partial charge in [-0.2, -0.15) is 0 Å². The van der Waals surface area contributed by atoms with Crippen molar-refractivity contribution in [2.24, 2.45) is 5.92 Å². The van der Waals surface area contributed by atoms with E-state index in [1.165, 1.54) is 0 Å². The molecule has 5 heteroatoms. The molecule has 2 aromatic carbocycles. The van der Waals surface area contributed by atoms with Crippen LogP contribution in [0.25, 0.3) is 10.8 Å². The van der Waals surface area contributed by atoms with Crippen molar-refractivity contribution in [3.05, 3.63) is 78.1 Å². The Morgan fingerprint density at radius 2 is 1.81 bits per heavy atom. The van der Waals surface area contributed by atoms with E-state index in [1.54, 1.807) is 23.4 Å². The fourth-order valence-corrected chi connectivity index (χ4v) is 3.74. The van der Waals surface area contributed by atoms with Gasteiger partial charge < -0.3 is 10.0 Å². The maximum absolute atomic E-state index is 13.1. The van der Waals surface area contributed by atoms with E-state index < -0.39 is 11.9 Å². The third-order valence-electron chi connectivity index (χ3n) is 5.06. The number of nitrogens with zero attached hydrogens (tertiary/aromatic N) is 2. The molecule has 4 rings (SSSR count). The van der Waals surface area contributed by atoms with Crippen LogP contribution >= 0.6 is 0 Å². The average Bonchev–Trinajstić information content (AvgIpc) is 3.13. The highest BCUT2D eigenvalue weighted by Gasteiger charge is 2.40. The molecule has 1 saturated heterocycles. The van der Waals surface area contributed by atoms with Crippen molar-refractivity contribution < 1.29 is 14.7 Å². The molecule has 1 aliphatic rings. The van der Waals surface area contributed by atoms with Crippen molar-refractivity contribution in [2.45, 2.75) is 5.92 Å². The number of hydrogen-bond acceptors (Lipinski definition) is 3. The third kappa shape index (κ3) is 2.81. The molecular weight excluding hydrogens is 328 g/mol. The molecule has 1 fully saturated rings. The average molecular weight is 346 g/mol. The summed E-state index contributed by atoms with van der Waals surface area (Å²) < 4.78 is 0. The number of carbonyl (C=O) groups excluding carboxylic acids is 1. The van der Waals surface area contributed by atoms with Gasteiger partial charge in [0.2, 0.25) is 0 Å². The van der Waals surface area contributed by atoms with Crippen LogP contribution in [0.15, 0.2) is 67.0 Å². The van der Waals surface area contributed by atoms with Crippen molar-refractivity contribution in [1.82, 2.24) is 9.88 Å². The first-order valence-corrected chi connectivity index (χ1v) is 8.55. The summed E-state index contributed by atoms with van der Waals surface area (Å²) in [6, 6.07) is 16.9. The van der Waals surface area contributed by atoms with E-state index >= 15 is 0 Å². The van der Waals surface area contributed by atoms with Crippen LogP contribution in [0.3, 0.4) is 0 Å². The van der Waals surface area contributed by atoms with Crippen molar-refractivity contribution in [1.29, 1.82) is 0 Å². The number of rotatable bonds is 3. The van der Waals surface area contributed by atoms with Crippen LogP contribution in [0.4, 0.5) is 0 Å². The van der Waals surface area contributed by atoms with Gasteiger partial charge in [-0.05, 0) is 23.1 Å². The third-order valence-corrected chi connectivity index (χ3v) is 5.06. The van der Waals surface area contributed by atoms with Crippen molar-refractivity contribution in [2.75, 3.05) is 13.1 Å². The van der Waals surface area contributed by atoms with E-state index in [4.69, 9.17) is 0 Å². The molecule has 5 nitrogen and oxygen atoms in total. The first-order chi connectivity index (χ1) is 12.6. The minimum Gasteiger partial charge on any atom is -0.481 e. The van der Waals surface area contributed by atoms with Crippen molar-refractivity contribution >= 4 is 22.6 Å². The van der Waals surface area contributed by atoms with Crippen molar-refractivity contribution in [3.63, 3.8) is 0 Å². The molecular formula is C21H18N2O3. The molecule has 0 bridgehead atoms. The topological polar surface area (TPSA) is 70.5 Å². The predicted molar refractivity (Wildman–Crippen MR) is 98.0 cm³/mol. The number of carboxylic acid groups (broad SMARTS) is 1. The summed E-state index contributed by atoms with van der Waals surface area (Å²) in [6.45, 7) is 0.622. The minimum absolute atomic E-state index is 0.133. The van der Waals surface area contributed by atoms with Gasteiger partial charge in [0.25, 0.3) is 5.91 Å². The Bertz CT molecular complexity index is 966. The van der Waals surface area contributed by atoms with Crippen LogP contribution in [0.2, 0.25) is 0 Å². The smallest absolute Gasteiger partial charge is 0.308 e. The second-order valence-electron chi connectivity index (χ2n) is 6.57. The van der Waals surface area contributed by atoms with Crippen LogP contribution in [0.5, 0.6) is 0 Å². The summed E-state index contributed by atoms with van der Waals surface area (Å²) >= 11 is 0. The zero-order chi connectivity index (χ0) is 18.1. The molecule has 0 spiro atoms. The number of hydrogen-bond donors (Lipinski definition) is 1. The number of fused-ring (bicyclic) bond motifs is 1. The van der Waals surface area contributed by atoms with Gasteiger partial charge in [-0.25, -0.2) is 0 Å². The Hall–Kier alpha value is -3.21. The van der Waals surface area contributed by atoms with Gasteiger partial charge in [0.15, 0.2) is 0 Å². The molecule has 2 atom stereocenters. The molecule has 1 aliphatic heterocycles. The molecule has 0 aliphatic carbocycles. The molecule has 0 saturated carbocycles. The number of benzene rings is 2. The number of aliphatic carboxylic acids is 1. The summed E-state index contributed by atoms with van der Waals surface area (Å²) in [5, 5.41) is 11.4. The monoisotopic (exact) mass is 346 g/mol. The Morgan fingerprint density at radius 1 is 1.00 bits per heavy atom. The summed E-state index contributed by atoms with van der Waals surface area (Å²) in [6.07, 6.45) is 3.39. The Balaban J connectivity index is 1.68. The van der Waals surface area contributed by atoms with Crippen LogP contribution in [-0.4, -0.2) is 40.0 Å². The number of aromatic nitrogens is 1. The van der Waals surface area contributed by atoms with Crippen LogP contribution in [0, 0.1) is 5.92 Å². The highest BCUT2D eigenvalue weighted by Crippen LogP contribution is 2.34. The van der Waals surface area contributed by atoms with Gasteiger partial charge in [-0.1, -0.05) is 42.5 Å². The van der Waals surface area contributed by atoms with Gasteiger partial charge in [0.05, 0.1) is 5.92 Å². The predicted octanol–water partition coefficient (Wildman–Crippen LogP) is 3.18. The normalized spacial score (nSPS) is 19.6. The van der Waals surface area contributed by atoms with Crippen molar-refractivity contribution in [3.8, 4) is 0 Å².